The van der Waals surface area contributed by atoms with Gasteiger partial charge in [-0.1, -0.05) is 0 Å². The van der Waals surface area contributed by atoms with Gasteiger partial charge in [0.1, 0.15) is 18.0 Å². The van der Waals surface area contributed by atoms with Crippen LogP contribution in [0.4, 0.5) is 4.39 Å². The molecule has 0 aliphatic carbocycles. The summed E-state index contributed by atoms with van der Waals surface area (Å²) in [7, 11) is -3.39. The third-order valence-corrected chi connectivity index (χ3v) is 6.21. The van der Waals surface area contributed by atoms with Crippen LogP contribution in [0.25, 0.3) is 0 Å². The zero-order valence-electron chi connectivity index (χ0n) is 17.1. The normalized spacial score (nSPS) is 17.9. The number of rotatable bonds is 9. The van der Waals surface area contributed by atoms with Crippen LogP contribution < -0.4 is 4.74 Å². The fraction of sp³-hybridized carbons (Fsp3) is 0.571. The second-order valence-electron chi connectivity index (χ2n) is 8.12. The van der Waals surface area contributed by atoms with Crippen LogP contribution in [0, 0.1) is 5.92 Å². The third kappa shape index (κ3) is 8.14. The molecule has 8 heteroatoms. The molecule has 0 saturated carbocycles. The van der Waals surface area contributed by atoms with Crippen molar-refractivity contribution in [3.8, 4) is 5.75 Å². The van der Waals surface area contributed by atoms with Gasteiger partial charge in [-0.15, -0.1) is 0 Å². The summed E-state index contributed by atoms with van der Waals surface area (Å²) in [6.07, 6.45) is 1.41. The predicted octanol–water partition coefficient (Wildman–Crippen LogP) is 3.85. The van der Waals surface area contributed by atoms with Gasteiger partial charge in [-0.3, -0.25) is 4.79 Å². The van der Waals surface area contributed by atoms with Gasteiger partial charge in [0.05, 0.1) is 23.6 Å². The first-order valence-corrected chi connectivity index (χ1v) is 11.3. The lowest BCUT2D eigenvalue weighted by molar-refractivity contribution is -0.154. The fourth-order valence-corrected chi connectivity index (χ4v) is 4.48. The minimum atomic E-state index is -3.39. The zero-order valence-corrected chi connectivity index (χ0v) is 18.0. The molecule has 0 N–H and O–H groups in total. The molecule has 0 radical (unpaired) electrons. The Morgan fingerprint density at radius 1 is 1.24 bits per heavy atom. The molecule has 2 rings (SSSR count). The van der Waals surface area contributed by atoms with Crippen molar-refractivity contribution in [1.29, 1.82) is 0 Å². The Bertz CT molecular complexity index is 803. The number of carbonyl (C=O) groups is 1. The quantitative estimate of drug-likeness (QED) is 0.556. The number of ether oxygens (including phenoxy) is 3. The van der Waals surface area contributed by atoms with Crippen molar-refractivity contribution in [2.45, 2.75) is 50.5 Å². The fourth-order valence-electron chi connectivity index (χ4n) is 2.85. The van der Waals surface area contributed by atoms with Gasteiger partial charge in [0.25, 0.3) is 0 Å². The summed E-state index contributed by atoms with van der Waals surface area (Å²) in [5.41, 5.74) is -0.270. The zero-order chi connectivity index (χ0) is 21.5. The van der Waals surface area contributed by atoms with Crippen LogP contribution in [-0.4, -0.2) is 45.6 Å². The molecule has 0 aromatic heterocycles. The smallest absolute Gasteiger partial charge is 0.306 e. The van der Waals surface area contributed by atoms with E-state index in [1.54, 1.807) is 32.9 Å². The highest BCUT2D eigenvalue weighted by Gasteiger charge is 2.24. The Morgan fingerprint density at radius 3 is 2.48 bits per heavy atom. The second-order valence-corrected chi connectivity index (χ2v) is 10.2. The molecule has 1 aliphatic rings. The van der Waals surface area contributed by atoms with Crippen molar-refractivity contribution in [1.82, 2.24) is 0 Å². The molecule has 6 nitrogen and oxygen atoms in total. The maximum absolute atomic E-state index is 13.1. The molecule has 0 bridgehead atoms. The first-order valence-electron chi connectivity index (χ1n) is 9.62. The van der Waals surface area contributed by atoms with Gasteiger partial charge in [-0.25, -0.2) is 12.8 Å². The average molecular weight is 429 g/mol. The Morgan fingerprint density at radius 2 is 1.93 bits per heavy atom. The number of benzene rings is 1. The highest BCUT2D eigenvalue weighted by molar-refractivity contribution is 7.91. The van der Waals surface area contributed by atoms with Crippen LogP contribution in [0.2, 0.25) is 0 Å². The molecule has 1 aliphatic heterocycles. The van der Waals surface area contributed by atoms with E-state index in [9.17, 15) is 17.6 Å². The van der Waals surface area contributed by atoms with Crippen molar-refractivity contribution in [3.05, 3.63) is 36.2 Å². The van der Waals surface area contributed by atoms with Gasteiger partial charge in [0, 0.05) is 13.0 Å². The molecule has 0 unspecified atom stereocenters. The summed E-state index contributed by atoms with van der Waals surface area (Å²) in [5, 5.41) is 0. The molecule has 1 atom stereocenters. The Balaban J connectivity index is 1.84. The monoisotopic (exact) mass is 428 g/mol. The standard InChI is InChI=1S/C21H29FO6S/c1-21(2,3)28-20(23)9-4-16(12-22)14-27-18-5-7-19(8-6-18)29(24,25)15-17-10-11-26-13-17/h5-8,12,17H,4,9-11,13-15H2,1-3H3/b16-12+/t17-/m1/s1. The third-order valence-electron chi connectivity index (χ3n) is 4.31. The summed E-state index contributed by atoms with van der Waals surface area (Å²) in [6.45, 7) is 6.35. The number of esters is 1. The van der Waals surface area contributed by atoms with Crippen LogP contribution in [0.5, 0.6) is 5.75 Å². The van der Waals surface area contributed by atoms with Crippen LogP contribution in [-0.2, 0) is 24.1 Å². The van der Waals surface area contributed by atoms with E-state index in [4.69, 9.17) is 14.2 Å². The largest absolute Gasteiger partial charge is 0.489 e. The van der Waals surface area contributed by atoms with Crippen LogP contribution in [0.1, 0.15) is 40.0 Å². The second kappa shape index (κ2) is 10.2. The maximum Gasteiger partial charge on any atom is 0.306 e. The molecule has 1 saturated heterocycles. The number of hydrogen-bond acceptors (Lipinski definition) is 6. The van der Waals surface area contributed by atoms with Gasteiger partial charge in [-0.05, 0) is 69.4 Å². The minimum absolute atomic E-state index is 0.0261. The molecule has 1 aromatic rings. The summed E-state index contributed by atoms with van der Waals surface area (Å²) in [6, 6.07) is 6.06. The highest BCUT2D eigenvalue weighted by atomic mass is 32.2. The van der Waals surface area contributed by atoms with E-state index in [1.165, 1.54) is 12.1 Å². The van der Waals surface area contributed by atoms with Crippen molar-refractivity contribution < 1.29 is 31.8 Å². The molecule has 1 heterocycles. The average Bonchev–Trinajstić information content (AvgIpc) is 3.13. The first kappa shape index (κ1) is 23.3. The van der Waals surface area contributed by atoms with E-state index in [2.05, 4.69) is 0 Å². The molecule has 29 heavy (non-hydrogen) atoms. The van der Waals surface area contributed by atoms with Gasteiger partial charge in [0.2, 0.25) is 0 Å². The lowest BCUT2D eigenvalue weighted by Gasteiger charge is -2.19. The Hall–Kier alpha value is -1.93. The molecular weight excluding hydrogens is 399 g/mol. The SMILES string of the molecule is CC(C)(C)OC(=O)CC/C(=C\F)COc1ccc(S(=O)(=O)C[C@@H]2CCOC2)cc1. The lowest BCUT2D eigenvalue weighted by Crippen LogP contribution is -2.23. The van der Waals surface area contributed by atoms with Gasteiger partial charge in [-0.2, -0.15) is 0 Å². The van der Waals surface area contributed by atoms with Crippen LogP contribution in [0.15, 0.2) is 41.1 Å². The van der Waals surface area contributed by atoms with Gasteiger partial charge >= 0.3 is 5.97 Å². The van der Waals surface area contributed by atoms with Gasteiger partial charge < -0.3 is 14.2 Å². The topological polar surface area (TPSA) is 78.9 Å². The molecular formula is C21H29FO6S. The Labute approximate surface area is 172 Å². The van der Waals surface area contributed by atoms with Crippen molar-refractivity contribution in [2.75, 3.05) is 25.6 Å². The van der Waals surface area contributed by atoms with E-state index in [1.807, 2.05) is 0 Å². The molecule has 1 fully saturated rings. The molecule has 0 spiro atoms. The van der Waals surface area contributed by atoms with Crippen LogP contribution >= 0.6 is 0 Å². The molecule has 1 aromatic carbocycles. The van der Waals surface area contributed by atoms with Crippen molar-refractivity contribution in [2.24, 2.45) is 5.92 Å². The number of hydrogen-bond donors (Lipinski definition) is 0. The molecule has 162 valence electrons. The summed E-state index contributed by atoms with van der Waals surface area (Å²) in [5.74, 6) is 0.106. The predicted molar refractivity (Wildman–Crippen MR) is 107 cm³/mol. The van der Waals surface area contributed by atoms with E-state index >= 15 is 0 Å². The molecule has 0 amide bonds. The number of halogens is 1. The lowest BCUT2D eigenvalue weighted by atomic mass is 10.1. The van der Waals surface area contributed by atoms with Crippen LogP contribution in [0.3, 0.4) is 0 Å². The van der Waals surface area contributed by atoms with Crippen molar-refractivity contribution >= 4 is 15.8 Å². The number of sulfone groups is 1. The summed E-state index contributed by atoms with van der Waals surface area (Å²) >= 11 is 0. The van der Waals surface area contributed by atoms with E-state index in [0.717, 1.165) is 6.42 Å². The Kier molecular flexibility index (Phi) is 8.22. The minimum Gasteiger partial charge on any atom is -0.489 e. The van der Waals surface area contributed by atoms with Crippen molar-refractivity contribution in [3.63, 3.8) is 0 Å². The van der Waals surface area contributed by atoms with E-state index in [0.29, 0.717) is 30.9 Å². The highest BCUT2D eigenvalue weighted by Crippen LogP contribution is 2.22. The first-order chi connectivity index (χ1) is 13.6. The van der Waals surface area contributed by atoms with E-state index < -0.39 is 21.4 Å². The maximum atomic E-state index is 13.1. The number of carbonyl (C=O) groups excluding carboxylic acids is 1. The van der Waals surface area contributed by atoms with E-state index in [-0.39, 0.29) is 36.0 Å². The summed E-state index contributed by atoms with van der Waals surface area (Å²) in [4.78, 5) is 12.0. The van der Waals surface area contributed by atoms with Gasteiger partial charge in [0.15, 0.2) is 9.84 Å². The summed E-state index contributed by atoms with van der Waals surface area (Å²) < 4.78 is 53.9.